The van der Waals surface area contributed by atoms with Gasteiger partial charge in [-0.05, 0) is 56.2 Å². The number of nitrogens with zero attached hydrogens (tertiary/aromatic N) is 1. The zero-order valence-corrected chi connectivity index (χ0v) is 19.4. The normalized spacial score (nSPS) is 22.2. The summed E-state index contributed by atoms with van der Waals surface area (Å²) in [5, 5.41) is 6.25. The maximum absolute atomic E-state index is 13.0. The third-order valence-electron chi connectivity index (χ3n) is 6.66. The van der Waals surface area contributed by atoms with Crippen molar-refractivity contribution in [1.82, 2.24) is 15.5 Å². The molecule has 180 valence electrons. The molecule has 2 aromatic rings. The van der Waals surface area contributed by atoms with Gasteiger partial charge in [0, 0.05) is 24.2 Å². The summed E-state index contributed by atoms with van der Waals surface area (Å²) in [4.78, 5) is 39.7. The molecule has 7 nitrogen and oxygen atoms in total. The molecule has 0 unspecified atom stereocenters. The summed E-state index contributed by atoms with van der Waals surface area (Å²) in [6, 6.07) is 18.7. The Morgan fingerprint density at radius 1 is 0.824 bits per heavy atom. The van der Waals surface area contributed by atoms with Crippen LogP contribution in [0.25, 0.3) is 0 Å². The Morgan fingerprint density at radius 3 is 2.12 bits per heavy atom. The Hall–Kier alpha value is -3.19. The Kier molecular flexibility index (Phi) is 8.31. The molecule has 1 atom stereocenters. The SMILES string of the molecule is O=C(NC1CCC(NC(=O)[C@H]2CCCN2C(=O)COCc2ccccc2)CC1)c1ccccc1. The summed E-state index contributed by atoms with van der Waals surface area (Å²) in [6.07, 6.45) is 4.77. The van der Waals surface area contributed by atoms with Crippen LogP contribution in [0.4, 0.5) is 0 Å². The van der Waals surface area contributed by atoms with Crippen molar-refractivity contribution in [2.24, 2.45) is 0 Å². The highest BCUT2D eigenvalue weighted by Gasteiger charge is 2.35. The van der Waals surface area contributed by atoms with Gasteiger partial charge in [0.1, 0.15) is 12.6 Å². The molecular weight excluding hydrogens is 430 g/mol. The Bertz CT molecular complexity index is 958. The van der Waals surface area contributed by atoms with Crippen LogP contribution >= 0.6 is 0 Å². The highest BCUT2D eigenvalue weighted by Crippen LogP contribution is 2.22. The minimum atomic E-state index is -0.427. The third kappa shape index (κ3) is 6.44. The van der Waals surface area contributed by atoms with Gasteiger partial charge in [-0.15, -0.1) is 0 Å². The number of carbonyl (C=O) groups is 3. The van der Waals surface area contributed by atoms with E-state index in [1.54, 1.807) is 4.90 Å². The van der Waals surface area contributed by atoms with E-state index in [4.69, 9.17) is 4.74 Å². The smallest absolute Gasteiger partial charge is 0.251 e. The molecule has 0 bridgehead atoms. The van der Waals surface area contributed by atoms with E-state index in [2.05, 4.69) is 10.6 Å². The van der Waals surface area contributed by atoms with E-state index in [0.717, 1.165) is 37.7 Å². The third-order valence-corrected chi connectivity index (χ3v) is 6.66. The Morgan fingerprint density at radius 2 is 1.44 bits per heavy atom. The van der Waals surface area contributed by atoms with Gasteiger partial charge < -0.3 is 20.3 Å². The van der Waals surface area contributed by atoms with Crippen molar-refractivity contribution in [2.45, 2.75) is 63.3 Å². The van der Waals surface area contributed by atoms with E-state index >= 15 is 0 Å². The van der Waals surface area contributed by atoms with Crippen molar-refractivity contribution in [3.05, 3.63) is 71.8 Å². The first-order valence-electron chi connectivity index (χ1n) is 12.2. The molecule has 0 aromatic heterocycles. The van der Waals surface area contributed by atoms with Crippen molar-refractivity contribution in [3.63, 3.8) is 0 Å². The van der Waals surface area contributed by atoms with E-state index in [1.807, 2.05) is 60.7 Å². The zero-order chi connectivity index (χ0) is 23.8. The largest absolute Gasteiger partial charge is 0.367 e. The number of hydrogen-bond acceptors (Lipinski definition) is 4. The summed E-state index contributed by atoms with van der Waals surface area (Å²) < 4.78 is 5.59. The molecule has 2 aromatic carbocycles. The van der Waals surface area contributed by atoms with E-state index in [0.29, 0.717) is 25.1 Å². The predicted molar refractivity (Wildman–Crippen MR) is 129 cm³/mol. The molecule has 0 radical (unpaired) electrons. The number of ether oxygens (including phenoxy) is 1. The van der Waals surface area contributed by atoms with Crippen LogP contribution in [0.5, 0.6) is 0 Å². The van der Waals surface area contributed by atoms with Gasteiger partial charge in [0.25, 0.3) is 5.91 Å². The first-order chi connectivity index (χ1) is 16.6. The molecule has 2 fully saturated rings. The van der Waals surface area contributed by atoms with Gasteiger partial charge in [-0.3, -0.25) is 14.4 Å². The number of benzene rings is 2. The first-order valence-corrected chi connectivity index (χ1v) is 12.2. The average Bonchev–Trinajstić information content (AvgIpc) is 3.37. The molecule has 34 heavy (non-hydrogen) atoms. The molecule has 1 saturated heterocycles. The molecule has 2 N–H and O–H groups in total. The molecule has 1 heterocycles. The topological polar surface area (TPSA) is 87.7 Å². The Labute approximate surface area is 200 Å². The van der Waals surface area contributed by atoms with Crippen LogP contribution in [-0.4, -0.2) is 53.9 Å². The van der Waals surface area contributed by atoms with Crippen molar-refractivity contribution < 1.29 is 19.1 Å². The molecule has 1 saturated carbocycles. The quantitative estimate of drug-likeness (QED) is 0.630. The maximum atomic E-state index is 13.0. The van der Waals surface area contributed by atoms with E-state index in [9.17, 15) is 14.4 Å². The molecule has 4 rings (SSSR count). The zero-order valence-electron chi connectivity index (χ0n) is 19.4. The lowest BCUT2D eigenvalue weighted by atomic mass is 9.90. The number of rotatable bonds is 8. The standard InChI is InChI=1S/C27H33N3O4/c31-25(19-34-18-20-8-3-1-4-9-20)30-17-7-12-24(30)27(33)29-23-15-13-22(14-16-23)28-26(32)21-10-5-2-6-11-21/h1-6,8-11,22-24H,7,12-19H2,(H,28,32)(H,29,33)/t22?,23?,24-/m1/s1. The number of nitrogens with one attached hydrogen (secondary N) is 2. The minimum absolute atomic E-state index is 0.0229. The van der Waals surface area contributed by atoms with Gasteiger partial charge in [0.05, 0.1) is 6.61 Å². The highest BCUT2D eigenvalue weighted by molar-refractivity contribution is 5.94. The van der Waals surface area contributed by atoms with Crippen LogP contribution in [0.3, 0.4) is 0 Å². The molecule has 1 aliphatic carbocycles. The van der Waals surface area contributed by atoms with Crippen LogP contribution in [0.2, 0.25) is 0 Å². The second kappa shape index (κ2) is 11.8. The van der Waals surface area contributed by atoms with Crippen LogP contribution in [0.1, 0.15) is 54.4 Å². The maximum Gasteiger partial charge on any atom is 0.251 e. The Balaban J connectivity index is 1.19. The molecule has 2 aliphatic rings. The number of carbonyl (C=O) groups excluding carboxylic acids is 3. The van der Waals surface area contributed by atoms with Gasteiger partial charge in [0.15, 0.2) is 0 Å². The van der Waals surface area contributed by atoms with E-state index < -0.39 is 6.04 Å². The van der Waals surface area contributed by atoms with Gasteiger partial charge in [-0.2, -0.15) is 0 Å². The summed E-state index contributed by atoms with van der Waals surface area (Å²) >= 11 is 0. The average molecular weight is 464 g/mol. The van der Waals surface area contributed by atoms with Gasteiger partial charge in [0.2, 0.25) is 11.8 Å². The van der Waals surface area contributed by atoms with Crippen LogP contribution < -0.4 is 10.6 Å². The predicted octanol–water partition coefficient (Wildman–Crippen LogP) is 3.05. The van der Waals surface area contributed by atoms with Crippen molar-refractivity contribution >= 4 is 17.7 Å². The van der Waals surface area contributed by atoms with Crippen LogP contribution in [-0.2, 0) is 20.9 Å². The summed E-state index contributed by atoms with van der Waals surface area (Å²) in [5.41, 5.74) is 1.68. The first kappa shape index (κ1) is 24.0. The van der Waals surface area contributed by atoms with Crippen molar-refractivity contribution in [2.75, 3.05) is 13.2 Å². The summed E-state index contributed by atoms with van der Waals surface area (Å²) in [5.74, 6) is -0.269. The summed E-state index contributed by atoms with van der Waals surface area (Å²) in [7, 11) is 0. The molecule has 7 heteroatoms. The van der Waals surface area contributed by atoms with Crippen molar-refractivity contribution in [1.29, 1.82) is 0 Å². The lowest BCUT2D eigenvalue weighted by Gasteiger charge is -2.31. The highest BCUT2D eigenvalue weighted by atomic mass is 16.5. The van der Waals surface area contributed by atoms with Crippen molar-refractivity contribution in [3.8, 4) is 0 Å². The van der Waals surface area contributed by atoms with E-state index in [1.165, 1.54) is 0 Å². The summed E-state index contributed by atoms with van der Waals surface area (Å²) in [6.45, 7) is 0.941. The van der Waals surface area contributed by atoms with Gasteiger partial charge in [-0.25, -0.2) is 0 Å². The van der Waals surface area contributed by atoms with Gasteiger partial charge in [-0.1, -0.05) is 48.5 Å². The fourth-order valence-electron chi connectivity index (χ4n) is 4.79. The van der Waals surface area contributed by atoms with Crippen LogP contribution in [0.15, 0.2) is 60.7 Å². The number of hydrogen-bond donors (Lipinski definition) is 2. The monoisotopic (exact) mass is 463 g/mol. The second-order valence-corrected chi connectivity index (χ2v) is 9.12. The van der Waals surface area contributed by atoms with E-state index in [-0.39, 0.29) is 36.4 Å². The molecule has 3 amide bonds. The minimum Gasteiger partial charge on any atom is -0.367 e. The van der Waals surface area contributed by atoms with Gasteiger partial charge >= 0.3 is 0 Å². The van der Waals surface area contributed by atoms with Crippen LogP contribution in [0, 0.1) is 0 Å². The molecule has 1 aliphatic heterocycles. The number of likely N-dealkylation sites (tertiary alicyclic amines) is 1. The number of amides is 3. The molecular formula is C27H33N3O4. The fourth-order valence-corrected chi connectivity index (χ4v) is 4.79. The lowest BCUT2D eigenvalue weighted by Crippen LogP contribution is -2.51. The molecule has 0 spiro atoms. The fraction of sp³-hybridized carbons (Fsp3) is 0.444. The second-order valence-electron chi connectivity index (χ2n) is 9.12. The lowest BCUT2D eigenvalue weighted by molar-refractivity contribution is -0.142.